The zero-order chi connectivity index (χ0) is 14.1. The lowest BCUT2D eigenvalue weighted by Crippen LogP contribution is -2.05. The summed E-state index contributed by atoms with van der Waals surface area (Å²) >= 11 is 9.47. The molecule has 0 spiro atoms. The van der Waals surface area contributed by atoms with Crippen LogP contribution in [0.2, 0.25) is 5.28 Å². The summed E-state index contributed by atoms with van der Waals surface area (Å²) < 4.78 is 2.72. The molecule has 2 heterocycles. The zero-order valence-corrected chi connectivity index (χ0v) is 13.1. The summed E-state index contributed by atoms with van der Waals surface area (Å²) in [5, 5.41) is 7.71. The fourth-order valence-corrected chi connectivity index (χ4v) is 2.63. The number of halogens is 2. The van der Waals surface area contributed by atoms with Crippen LogP contribution in [0, 0.1) is 6.92 Å². The summed E-state index contributed by atoms with van der Waals surface area (Å²) in [4.78, 5) is 4.29. The van der Waals surface area contributed by atoms with E-state index in [0.29, 0.717) is 6.54 Å². The number of benzene rings is 1. The van der Waals surface area contributed by atoms with Gasteiger partial charge in [-0.2, -0.15) is 4.98 Å². The second-order valence-corrected chi connectivity index (χ2v) is 5.66. The average molecular weight is 352 g/mol. The highest BCUT2D eigenvalue weighted by Gasteiger charge is 2.12. The van der Waals surface area contributed by atoms with Crippen LogP contribution in [-0.4, -0.2) is 14.6 Å². The first-order valence-corrected chi connectivity index (χ1v) is 7.31. The molecule has 0 saturated carbocycles. The number of hydrogen-bond acceptors (Lipinski definition) is 3. The molecule has 2 aromatic heterocycles. The van der Waals surface area contributed by atoms with Crippen LogP contribution in [-0.2, 0) is 6.54 Å². The number of hydrogen-bond donors (Lipinski definition) is 1. The van der Waals surface area contributed by atoms with Crippen molar-refractivity contribution in [2.75, 3.05) is 5.32 Å². The molecule has 0 radical (unpaired) electrons. The molecule has 3 rings (SSSR count). The summed E-state index contributed by atoms with van der Waals surface area (Å²) in [7, 11) is 0. The number of anilines is 1. The second kappa shape index (κ2) is 5.42. The van der Waals surface area contributed by atoms with E-state index in [4.69, 9.17) is 11.6 Å². The Morgan fingerprint density at radius 2 is 2.05 bits per heavy atom. The van der Waals surface area contributed by atoms with Gasteiger partial charge in [-0.15, -0.1) is 5.10 Å². The standard InChI is InChI=1S/C14H12BrClN4/c1-9-11(15)8-20-12(9)13(18-14(16)19-20)17-7-10-5-3-2-4-6-10/h2-6,8H,7H2,1H3,(H,17,18,19). The number of fused-ring (bicyclic) bond motifs is 1. The summed E-state index contributed by atoms with van der Waals surface area (Å²) in [6.07, 6.45) is 1.88. The Kier molecular flexibility index (Phi) is 3.63. The number of aryl methyl sites for hydroxylation is 1. The van der Waals surface area contributed by atoms with Gasteiger partial charge in [-0.05, 0) is 45.6 Å². The second-order valence-electron chi connectivity index (χ2n) is 4.46. The van der Waals surface area contributed by atoms with Gasteiger partial charge in [-0.25, -0.2) is 4.52 Å². The minimum absolute atomic E-state index is 0.218. The highest BCUT2D eigenvalue weighted by atomic mass is 79.9. The van der Waals surface area contributed by atoms with Gasteiger partial charge < -0.3 is 5.32 Å². The van der Waals surface area contributed by atoms with Gasteiger partial charge in [0.05, 0.1) is 0 Å². The van der Waals surface area contributed by atoms with E-state index in [0.717, 1.165) is 21.4 Å². The molecule has 0 saturated heterocycles. The molecule has 0 amide bonds. The van der Waals surface area contributed by atoms with Gasteiger partial charge in [-0.1, -0.05) is 30.3 Å². The summed E-state index contributed by atoms with van der Waals surface area (Å²) in [5.74, 6) is 0.733. The minimum atomic E-state index is 0.218. The van der Waals surface area contributed by atoms with E-state index in [9.17, 15) is 0 Å². The quantitative estimate of drug-likeness (QED) is 0.773. The van der Waals surface area contributed by atoms with Crippen molar-refractivity contribution in [3.8, 4) is 0 Å². The monoisotopic (exact) mass is 350 g/mol. The van der Waals surface area contributed by atoms with Gasteiger partial charge in [0.25, 0.3) is 0 Å². The minimum Gasteiger partial charge on any atom is -0.364 e. The van der Waals surface area contributed by atoms with E-state index in [1.165, 1.54) is 5.56 Å². The van der Waals surface area contributed by atoms with E-state index in [1.54, 1.807) is 4.52 Å². The van der Waals surface area contributed by atoms with Crippen LogP contribution in [0.4, 0.5) is 5.82 Å². The Hall–Kier alpha value is -1.59. The summed E-state index contributed by atoms with van der Waals surface area (Å²) in [5.41, 5.74) is 3.19. The van der Waals surface area contributed by atoms with E-state index < -0.39 is 0 Å². The maximum absolute atomic E-state index is 5.97. The number of aromatic nitrogens is 3. The molecule has 102 valence electrons. The molecule has 0 aliphatic carbocycles. The lowest BCUT2D eigenvalue weighted by Gasteiger charge is -2.08. The molecule has 0 aliphatic rings. The Labute approximate surface area is 129 Å². The third-order valence-corrected chi connectivity index (χ3v) is 4.06. The Morgan fingerprint density at radius 1 is 1.30 bits per heavy atom. The third kappa shape index (κ3) is 2.51. The van der Waals surface area contributed by atoms with Crippen LogP contribution in [0.3, 0.4) is 0 Å². The average Bonchev–Trinajstić information content (AvgIpc) is 2.72. The van der Waals surface area contributed by atoms with Crippen molar-refractivity contribution in [3.05, 3.63) is 57.4 Å². The predicted octanol–water partition coefficient (Wildman–Crippen LogP) is 4.07. The van der Waals surface area contributed by atoms with Crippen molar-refractivity contribution in [2.45, 2.75) is 13.5 Å². The Balaban J connectivity index is 1.98. The lowest BCUT2D eigenvalue weighted by atomic mass is 10.2. The number of nitrogens with one attached hydrogen (secondary N) is 1. The lowest BCUT2D eigenvalue weighted by molar-refractivity contribution is 0.898. The molecule has 0 atom stereocenters. The maximum atomic E-state index is 5.97. The van der Waals surface area contributed by atoms with Crippen molar-refractivity contribution in [1.82, 2.24) is 14.6 Å². The molecule has 20 heavy (non-hydrogen) atoms. The maximum Gasteiger partial charge on any atom is 0.243 e. The smallest absolute Gasteiger partial charge is 0.243 e. The molecule has 0 bridgehead atoms. The molecule has 0 aliphatic heterocycles. The topological polar surface area (TPSA) is 42.2 Å². The largest absolute Gasteiger partial charge is 0.364 e. The third-order valence-electron chi connectivity index (χ3n) is 3.10. The molecule has 0 unspecified atom stereocenters. The van der Waals surface area contributed by atoms with Crippen LogP contribution in [0.5, 0.6) is 0 Å². The first-order chi connectivity index (χ1) is 9.65. The van der Waals surface area contributed by atoms with Crippen molar-refractivity contribution in [3.63, 3.8) is 0 Å². The highest BCUT2D eigenvalue weighted by molar-refractivity contribution is 9.10. The molecule has 6 heteroatoms. The number of rotatable bonds is 3. The molecule has 3 aromatic rings. The number of nitrogens with zero attached hydrogens (tertiary/aromatic N) is 3. The Morgan fingerprint density at radius 3 is 2.80 bits per heavy atom. The van der Waals surface area contributed by atoms with Crippen molar-refractivity contribution >= 4 is 38.9 Å². The van der Waals surface area contributed by atoms with Crippen molar-refractivity contribution in [1.29, 1.82) is 0 Å². The highest BCUT2D eigenvalue weighted by Crippen LogP contribution is 2.27. The van der Waals surface area contributed by atoms with Crippen molar-refractivity contribution < 1.29 is 0 Å². The molecular weight excluding hydrogens is 340 g/mol. The Bertz CT molecular complexity index is 755. The predicted molar refractivity (Wildman–Crippen MR) is 84.2 cm³/mol. The normalized spacial score (nSPS) is 10.9. The van der Waals surface area contributed by atoms with Crippen LogP contribution >= 0.6 is 27.5 Å². The van der Waals surface area contributed by atoms with Gasteiger partial charge in [0.2, 0.25) is 5.28 Å². The van der Waals surface area contributed by atoms with E-state index >= 15 is 0 Å². The van der Waals surface area contributed by atoms with Crippen LogP contribution in [0.1, 0.15) is 11.1 Å². The van der Waals surface area contributed by atoms with E-state index in [2.05, 4.69) is 43.5 Å². The van der Waals surface area contributed by atoms with Gasteiger partial charge in [0.1, 0.15) is 5.52 Å². The fourth-order valence-electron chi connectivity index (χ4n) is 2.08. The molecule has 1 aromatic carbocycles. The van der Waals surface area contributed by atoms with Crippen LogP contribution < -0.4 is 5.32 Å². The fraction of sp³-hybridized carbons (Fsp3) is 0.143. The zero-order valence-electron chi connectivity index (χ0n) is 10.8. The summed E-state index contributed by atoms with van der Waals surface area (Å²) in [6, 6.07) is 10.1. The molecule has 4 nitrogen and oxygen atoms in total. The van der Waals surface area contributed by atoms with Crippen LogP contribution in [0.25, 0.3) is 5.52 Å². The van der Waals surface area contributed by atoms with Gasteiger partial charge in [-0.3, -0.25) is 0 Å². The SMILES string of the molecule is Cc1c(Br)cn2nc(Cl)nc(NCc3ccccc3)c12. The van der Waals surface area contributed by atoms with Crippen LogP contribution in [0.15, 0.2) is 41.0 Å². The first-order valence-electron chi connectivity index (χ1n) is 6.14. The van der Waals surface area contributed by atoms with E-state index in [-0.39, 0.29) is 5.28 Å². The van der Waals surface area contributed by atoms with Gasteiger partial charge >= 0.3 is 0 Å². The van der Waals surface area contributed by atoms with E-state index in [1.807, 2.05) is 31.3 Å². The molecule has 0 fully saturated rings. The molecular formula is C14H12BrClN4. The molecule has 1 N–H and O–H groups in total. The van der Waals surface area contributed by atoms with Crippen molar-refractivity contribution in [2.24, 2.45) is 0 Å². The van der Waals surface area contributed by atoms with Gasteiger partial charge in [0, 0.05) is 17.2 Å². The first kappa shape index (κ1) is 13.4. The van der Waals surface area contributed by atoms with Gasteiger partial charge in [0.15, 0.2) is 5.82 Å². The summed E-state index contributed by atoms with van der Waals surface area (Å²) in [6.45, 7) is 2.70.